The van der Waals surface area contributed by atoms with Gasteiger partial charge in [0.1, 0.15) is 0 Å². The summed E-state index contributed by atoms with van der Waals surface area (Å²) in [6.07, 6.45) is 0. The Kier molecular flexibility index (Phi) is 4.65. The van der Waals surface area contributed by atoms with Gasteiger partial charge in [-0.3, -0.25) is 4.79 Å². The minimum atomic E-state index is -1.04. The Balaban J connectivity index is 2.99. The van der Waals surface area contributed by atoms with Crippen molar-refractivity contribution in [1.82, 2.24) is 5.32 Å². The molecule has 0 saturated carbocycles. The first-order valence-electron chi connectivity index (χ1n) is 6.39. The number of ether oxygens (including phenoxy) is 2. The van der Waals surface area contributed by atoms with Crippen LogP contribution in [-0.2, 0) is 0 Å². The molecular formula is C15H23NO4. The monoisotopic (exact) mass is 281 g/mol. The standard InChI is InChI=1S/C15H23NO4/c1-14(2,15(3,4)18)16-13(17)10-7-8-11(19-5)12(9-10)20-6/h7-9,18H,1-6H3,(H,16,17). The number of carbonyl (C=O) groups excluding carboxylic acids is 1. The molecule has 0 spiro atoms. The van der Waals surface area contributed by atoms with Crippen molar-refractivity contribution in [2.45, 2.75) is 38.8 Å². The molecule has 1 rings (SSSR count). The van der Waals surface area contributed by atoms with Crippen LogP contribution < -0.4 is 14.8 Å². The van der Waals surface area contributed by atoms with E-state index in [4.69, 9.17) is 9.47 Å². The fraction of sp³-hybridized carbons (Fsp3) is 0.533. The van der Waals surface area contributed by atoms with Crippen LogP contribution >= 0.6 is 0 Å². The molecule has 0 fully saturated rings. The van der Waals surface area contributed by atoms with Gasteiger partial charge in [0, 0.05) is 5.56 Å². The van der Waals surface area contributed by atoms with Gasteiger partial charge in [0.05, 0.1) is 25.4 Å². The summed E-state index contributed by atoms with van der Waals surface area (Å²) in [4.78, 5) is 12.3. The molecule has 1 aromatic carbocycles. The molecule has 2 N–H and O–H groups in total. The average molecular weight is 281 g/mol. The number of rotatable bonds is 5. The van der Waals surface area contributed by atoms with Crippen LogP contribution in [0.15, 0.2) is 18.2 Å². The second-order valence-corrected chi connectivity index (χ2v) is 5.71. The summed E-state index contributed by atoms with van der Waals surface area (Å²) in [5.41, 5.74) is -1.36. The number of methoxy groups -OCH3 is 2. The van der Waals surface area contributed by atoms with Crippen LogP contribution in [0.4, 0.5) is 0 Å². The highest BCUT2D eigenvalue weighted by Crippen LogP contribution is 2.28. The topological polar surface area (TPSA) is 67.8 Å². The predicted molar refractivity (Wildman–Crippen MR) is 77.4 cm³/mol. The highest BCUT2D eigenvalue weighted by molar-refractivity contribution is 5.95. The van der Waals surface area contributed by atoms with E-state index in [-0.39, 0.29) is 5.91 Å². The lowest BCUT2D eigenvalue weighted by molar-refractivity contribution is -0.00293. The third-order valence-corrected chi connectivity index (χ3v) is 3.60. The van der Waals surface area contributed by atoms with Gasteiger partial charge in [0.2, 0.25) is 0 Å². The number of aliphatic hydroxyl groups is 1. The fourth-order valence-electron chi connectivity index (χ4n) is 1.49. The maximum atomic E-state index is 12.3. The van der Waals surface area contributed by atoms with Gasteiger partial charge in [-0.05, 0) is 45.9 Å². The first-order valence-corrected chi connectivity index (χ1v) is 6.39. The van der Waals surface area contributed by atoms with Crippen molar-refractivity contribution >= 4 is 5.91 Å². The molecule has 0 aromatic heterocycles. The smallest absolute Gasteiger partial charge is 0.251 e. The SMILES string of the molecule is COc1ccc(C(=O)NC(C)(C)C(C)(C)O)cc1OC. The van der Waals surface area contributed by atoms with E-state index in [1.54, 1.807) is 45.9 Å². The van der Waals surface area contributed by atoms with E-state index < -0.39 is 11.1 Å². The largest absolute Gasteiger partial charge is 0.493 e. The van der Waals surface area contributed by atoms with Crippen LogP contribution in [0.5, 0.6) is 11.5 Å². The predicted octanol–water partition coefficient (Wildman–Crippen LogP) is 1.98. The molecule has 0 aliphatic heterocycles. The van der Waals surface area contributed by atoms with E-state index in [0.717, 1.165) is 0 Å². The van der Waals surface area contributed by atoms with Gasteiger partial charge < -0.3 is 19.9 Å². The number of hydrogen-bond donors (Lipinski definition) is 2. The van der Waals surface area contributed by atoms with Gasteiger partial charge in [0.15, 0.2) is 11.5 Å². The molecule has 0 aliphatic rings. The molecule has 112 valence electrons. The van der Waals surface area contributed by atoms with E-state index in [1.165, 1.54) is 14.2 Å². The van der Waals surface area contributed by atoms with Crippen LogP contribution in [0.3, 0.4) is 0 Å². The van der Waals surface area contributed by atoms with Crippen molar-refractivity contribution in [3.05, 3.63) is 23.8 Å². The summed E-state index contributed by atoms with van der Waals surface area (Å²) < 4.78 is 10.3. The lowest BCUT2D eigenvalue weighted by atomic mass is 9.85. The Labute approximate surface area is 119 Å². The van der Waals surface area contributed by atoms with Gasteiger partial charge >= 0.3 is 0 Å². The van der Waals surface area contributed by atoms with E-state index in [1.807, 2.05) is 0 Å². The average Bonchev–Trinajstić information content (AvgIpc) is 2.35. The van der Waals surface area contributed by atoms with Gasteiger partial charge in [-0.15, -0.1) is 0 Å². The van der Waals surface area contributed by atoms with E-state index in [0.29, 0.717) is 17.1 Å². The normalized spacial score (nSPS) is 11.9. The van der Waals surface area contributed by atoms with Crippen LogP contribution in [0, 0.1) is 0 Å². The van der Waals surface area contributed by atoms with Crippen LogP contribution in [-0.4, -0.2) is 36.4 Å². The van der Waals surface area contributed by atoms with Crippen LogP contribution in [0.2, 0.25) is 0 Å². The number of hydrogen-bond acceptors (Lipinski definition) is 4. The Bertz CT molecular complexity index is 489. The van der Waals surface area contributed by atoms with Crippen LogP contribution in [0.1, 0.15) is 38.1 Å². The third-order valence-electron chi connectivity index (χ3n) is 3.60. The zero-order valence-electron chi connectivity index (χ0n) is 12.9. The Morgan fingerprint density at radius 2 is 1.65 bits per heavy atom. The van der Waals surface area contributed by atoms with Crippen molar-refractivity contribution in [2.75, 3.05) is 14.2 Å². The minimum absolute atomic E-state index is 0.280. The minimum Gasteiger partial charge on any atom is -0.493 e. The maximum Gasteiger partial charge on any atom is 0.251 e. The van der Waals surface area contributed by atoms with Crippen LogP contribution in [0.25, 0.3) is 0 Å². The van der Waals surface area contributed by atoms with E-state index >= 15 is 0 Å². The van der Waals surface area contributed by atoms with E-state index in [2.05, 4.69) is 5.32 Å². The second kappa shape index (κ2) is 5.71. The Morgan fingerprint density at radius 1 is 1.10 bits per heavy atom. The molecule has 0 aliphatic carbocycles. The van der Waals surface area contributed by atoms with Gasteiger partial charge in [-0.1, -0.05) is 0 Å². The molecular weight excluding hydrogens is 258 g/mol. The molecule has 5 nitrogen and oxygen atoms in total. The summed E-state index contributed by atoms with van der Waals surface area (Å²) in [5, 5.41) is 12.9. The molecule has 20 heavy (non-hydrogen) atoms. The molecule has 0 bridgehead atoms. The zero-order chi connectivity index (χ0) is 15.6. The first-order chi connectivity index (χ1) is 9.12. The van der Waals surface area contributed by atoms with Gasteiger partial charge in [-0.2, -0.15) is 0 Å². The number of amides is 1. The molecule has 1 amide bonds. The molecule has 5 heteroatoms. The first kappa shape index (κ1) is 16.3. The third kappa shape index (κ3) is 3.42. The quantitative estimate of drug-likeness (QED) is 0.866. The zero-order valence-corrected chi connectivity index (χ0v) is 12.9. The summed E-state index contributed by atoms with van der Waals surface area (Å²) in [7, 11) is 3.05. The maximum absolute atomic E-state index is 12.3. The number of benzene rings is 1. The number of nitrogens with one attached hydrogen (secondary N) is 1. The lowest BCUT2D eigenvalue weighted by Crippen LogP contribution is -2.57. The Morgan fingerprint density at radius 3 is 2.10 bits per heavy atom. The summed E-state index contributed by atoms with van der Waals surface area (Å²) >= 11 is 0. The molecule has 0 unspecified atom stereocenters. The fourth-order valence-corrected chi connectivity index (χ4v) is 1.49. The van der Waals surface area contributed by atoms with Crippen molar-refractivity contribution in [1.29, 1.82) is 0 Å². The lowest BCUT2D eigenvalue weighted by Gasteiger charge is -2.38. The highest BCUT2D eigenvalue weighted by Gasteiger charge is 2.36. The van der Waals surface area contributed by atoms with Crippen molar-refractivity contribution < 1.29 is 19.4 Å². The van der Waals surface area contributed by atoms with Gasteiger partial charge in [0.25, 0.3) is 5.91 Å². The molecule has 0 atom stereocenters. The summed E-state index contributed by atoms with van der Waals surface area (Å²) in [6.45, 7) is 6.85. The number of carbonyl (C=O) groups is 1. The molecule has 1 aromatic rings. The van der Waals surface area contributed by atoms with Crippen molar-refractivity contribution in [2.24, 2.45) is 0 Å². The second-order valence-electron chi connectivity index (χ2n) is 5.71. The van der Waals surface area contributed by atoms with Crippen molar-refractivity contribution in [3.63, 3.8) is 0 Å². The highest BCUT2D eigenvalue weighted by atomic mass is 16.5. The summed E-state index contributed by atoms with van der Waals surface area (Å²) in [5.74, 6) is 0.769. The Hall–Kier alpha value is -1.75. The molecule has 0 saturated heterocycles. The van der Waals surface area contributed by atoms with E-state index in [9.17, 15) is 9.90 Å². The van der Waals surface area contributed by atoms with Gasteiger partial charge in [-0.25, -0.2) is 0 Å². The molecule has 0 radical (unpaired) electrons. The van der Waals surface area contributed by atoms with Crippen molar-refractivity contribution in [3.8, 4) is 11.5 Å². The summed E-state index contributed by atoms with van der Waals surface area (Å²) in [6, 6.07) is 4.93. The molecule has 0 heterocycles.